The molecule has 1 fully saturated rings. The van der Waals surface area contributed by atoms with Crippen molar-refractivity contribution in [2.75, 3.05) is 24.5 Å². The standard InChI is InChI=1S/C22H28N6O2/c1-13(2)11-28-19(29)6-5-17-15(4)25-20(26-21(17)28)16-7-8-27(12-16)22(30)18-10-23-14(3)9-24-18/h9-10,13,16H,5-8,11-12H2,1-4H3. The Bertz CT molecular complexity index is 972. The highest BCUT2D eigenvalue weighted by Crippen LogP contribution is 2.32. The zero-order valence-electron chi connectivity index (χ0n) is 18.1. The van der Waals surface area contributed by atoms with Crippen LogP contribution in [0.15, 0.2) is 12.4 Å². The van der Waals surface area contributed by atoms with Crippen molar-refractivity contribution < 1.29 is 9.59 Å². The van der Waals surface area contributed by atoms with Crippen LogP contribution in [0.25, 0.3) is 0 Å². The molecule has 1 unspecified atom stereocenters. The second-order valence-corrected chi connectivity index (χ2v) is 8.65. The Morgan fingerprint density at radius 1 is 1.17 bits per heavy atom. The van der Waals surface area contributed by atoms with Gasteiger partial charge in [0, 0.05) is 49.4 Å². The third-order valence-corrected chi connectivity index (χ3v) is 5.74. The van der Waals surface area contributed by atoms with Crippen LogP contribution in [0.1, 0.15) is 65.9 Å². The number of likely N-dealkylation sites (tertiary alicyclic amines) is 1. The van der Waals surface area contributed by atoms with E-state index in [1.54, 1.807) is 11.1 Å². The lowest BCUT2D eigenvalue weighted by atomic mass is 10.0. The SMILES string of the molecule is Cc1cnc(C(=O)N2CCC(c3nc(C)c4c(n3)N(CC(C)C)C(=O)CC4)C2)cn1. The number of aryl methyl sites for hydroxylation is 2. The molecule has 0 bridgehead atoms. The van der Waals surface area contributed by atoms with E-state index < -0.39 is 0 Å². The van der Waals surface area contributed by atoms with Crippen LogP contribution in [0.4, 0.5) is 5.82 Å². The molecule has 0 spiro atoms. The molecule has 1 atom stereocenters. The minimum Gasteiger partial charge on any atom is -0.337 e. The molecule has 2 aromatic rings. The number of hydrogen-bond acceptors (Lipinski definition) is 6. The molecular weight excluding hydrogens is 380 g/mol. The van der Waals surface area contributed by atoms with Gasteiger partial charge in [0.2, 0.25) is 5.91 Å². The van der Waals surface area contributed by atoms with Gasteiger partial charge in [-0.05, 0) is 32.6 Å². The number of carbonyl (C=O) groups is 2. The molecule has 0 radical (unpaired) electrons. The zero-order chi connectivity index (χ0) is 21.4. The van der Waals surface area contributed by atoms with E-state index >= 15 is 0 Å². The third kappa shape index (κ3) is 3.91. The van der Waals surface area contributed by atoms with E-state index in [4.69, 9.17) is 9.97 Å². The zero-order valence-corrected chi connectivity index (χ0v) is 18.1. The Morgan fingerprint density at radius 2 is 1.97 bits per heavy atom. The maximum absolute atomic E-state index is 12.8. The molecule has 0 aliphatic carbocycles. The number of anilines is 1. The lowest BCUT2D eigenvalue weighted by Crippen LogP contribution is -2.39. The van der Waals surface area contributed by atoms with Crippen LogP contribution in [0.5, 0.6) is 0 Å². The predicted molar refractivity (Wildman–Crippen MR) is 112 cm³/mol. The summed E-state index contributed by atoms with van der Waals surface area (Å²) in [6, 6.07) is 0. The summed E-state index contributed by atoms with van der Waals surface area (Å²) in [5.41, 5.74) is 3.15. The Kier molecular flexibility index (Phi) is 5.49. The van der Waals surface area contributed by atoms with Crippen molar-refractivity contribution >= 4 is 17.6 Å². The summed E-state index contributed by atoms with van der Waals surface area (Å²) < 4.78 is 0. The first kappa shape index (κ1) is 20.4. The number of nitrogens with zero attached hydrogens (tertiary/aromatic N) is 6. The van der Waals surface area contributed by atoms with Crippen molar-refractivity contribution in [1.82, 2.24) is 24.8 Å². The largest absolute Gasteiger partial charge is 0.337 e. The molecule has 0 saturated carbocycles. The summed E-state index contributed by atoms with van der Waals surface area (Å²) >= 11 is 0. The van der Waals surface area contributed by atoms with Crippen molar-refractivity contribution in [3.8, 4) is 0 Å². The van der Waals surface area contributed by atoms with Gasteiger partial charge in [0.25, 0.3) is 5.91 Å². The van der Waals surface area contributed by atoms with E-state index in [2.05, 4.69) is 23.8 Å². The molecule has 8 heteroatoms. The second kappa shape index (κ2) is 8.08. The minimum absolute atomic E-state index is 0.0503. The summed E-state index contributed by atoms with van der Waals surface area (Å²) in [5, 5.41) is 0. The maximum Gasteiger partial charge on any atom is 0.274 e. The summed E-state index contributed by atoms with van der Waals surface area (Å²) in [7, 11) is 0. The molecule has 158 valence electrons. The molecule has 4 rings (SSSR count). The first-order valence-electron chi connectivity index (χ1n) is 10.6. The van der Waals surface area contributed by atoms with Gasteiger partial charge < -0.3 is 4.90 Å². The molecule has 2 aliphatic heterocycles. The van der Waals surface area contributed by atoms with Crippen molar-refractivity contribution in [3.63, 3.8) is 0 Å². The highest BCUT2D eigenvalue weighted by atomic mass is 16.2. The van der Waals surface area contributed by atoms with E-state index in [0.717, 1.165) is 35.0 Å². The van der Waals surface area contributed by atoms with Crippen LogP contribution in [0.2, 0.25) is 0 Å². The lowest BCUT2D eigenvalue weighted by molar-refractivity contribution is -0.119. The molecule has 0 aromatic carbocycles. The summed E-state index contributed by atoms with van der Waals surface area (Å²) in [6.45, 7) is 9.88. The molecule has 30 heavy (non-hydrogen) atoms. The van der Waals surface area contributed by atoms with Gasteiger partial charge in [-0.15, -0.1) is 0 Å². The van der Waals surface area contributed by atoms with Gasteiger partial charge in [-0.3, -0.25) is 19.5 Å². The van der Waals surface area contributed by atoms with Gasteiger partial charge in [0.1, 0.15) is 17.3 Å². The van der Waals surface area contributed by atoms with Gasteiger partial charge in [-0.1, -0.05) is 13.8 Å². The van der Waals surface area contributed by atoms with Crippen LogP contribution in [0, 0.1) is 19.8 Å². The molecule has 4 heterocycles. The van der Waals surface area contributed by atoms with E-state index in [0.29, 0.717) is 44.1 Å². The minimum atomic E-state index is -0.115. The summed E-state index contributed by atoms with van der Waals surface area (Å²) in [4.78, 5) is 47.0. The van der Waals surface area contributed by atoms with Crippen molar-refractivity contribution in [2.24, 2.45) is 5.92 Å². The van der Waals surface area contributed by atoms with Crippen LogP contribution >= 0.6 is 0 Å². The average molecular weight is 409 g/mol. The Morgan fingerprint density at radius 3 is 2.67 bits per heavy atom. The van der Waals surface area contributed by atoms with Gasteiger partial charge in [-0.25, -0.2) is 15.0 Å². The molecule has 2 amide bonds. The fourth-order valence-electron chi connectivity index (χ4n) is 4.16. The van der Waals surface area contributed by atoms with E-state index in [1.807, 2.05) is 18.7 Å². The highest BCUT2D eigenvalue weighted by Gasteiger charge is 2.33. The highest BCUT2D eigenvalue weighted by molar-refractivity contribution is 5.95. The molecule has 1 saturated heterocycles. The molecular formula is C22H28N6O2. The fourth-order valence-corrected chi connectivity index (χ4v) is 4.16. The quantitative estimate of drug-likeness (QED) is 0.772. The topological polar surface area (TPSA) is 92.2 Å². The second-order valence-electron chi connectivity index (χ2n) is 8.65. The smallest absolute Gasteiger partial charge is 0.274 e. The lowest BCUT2D eigenvalue weighted by Gasteiger charge is -2.31. The van der Waals surface area contributed by atoms with Crippen molar-refractivity contribution in [1.29, 1.82) is 0 Å². The van der Waals surface area contributed by atoms with Crippen molar-refractivity contribution in [3.05, 3.63) is 40.9 Å². The monoisotopic (exact) mass is 408 g/mol. The van der Waals surface area contributed by atoms with Crippen LogP contribution < -0.4 is 4.90 Å². The van der Waals surface area contributed by atoms with E-state index in [-0.39, 0.29) is 17.7 Å². The Hall–Kier alpha value is -2.90. The van der Waals surface area contributed by atoms with Gasteiger partial charge in [0.15, 0.2) is 0 Å². The predicted octanol–water partition coefficient (Wildman–Crippen LogP) is 2.45. The molecule has 2 aromatic heterocycles. The summed E-state index contributed by atoms with van der Waals surface area (Å²) in [5.74, 6) is 1.90. The number of rotatable bonds is 4. The van der Waals surface area contributed by atoms with Crippen molar-refractivity contribution in [2.45, 2.75) is 52.9 Å². The normalized spacial score (nSPS) is 18.8. The number of amides is 2. The van der Waals surface area contributed by atoms with Gasteiger partial charge in [0.05, 0.1) is 11.9 Å². The number of fused-ring (bicyclic) bond motifs is 1. The molecule has 8 nitrogen and oxygen atoms in total. The van der Waals surface area contributed by atoms with Crippen LogP contribution in [0.3, 0.4) is 0 Å². The number of aromatic nitrogens is 4. The van der Waals surface area contributed by atoms with Gasteiger partial charge >= 0.3 is 0 Å². The van der Waals surface area contributed by atoms with E-state index in [1.165, 1.54) is 6.20 Å². The van der Waals surface area contributed by atoms with Crippen LogP contribution in [-0.4, -0.2) is 56.3 Å². The number of carbonyl (C=O) groups excluding carboxylic acids is 2. The van der Waals surface area contributed by atoms with E-state index in [9.17, 15) is 9.59 Å². The summed E-state index contributed by atoms with van der Waals surface area (Å²) in [6.07, 6.45) is 5.13. The average Bonchev–Trinajstić information content (AvgIpc) is 3.20. The first-order valence-corrected chi connectivity index (χ1v) is 10.6. The number of hydrogen-bond donors (Lipinski definition) is 0. The Balaban J connectivity index is 1.57. The third-order valence-electron chi connectivity index (χ3n) is 5.74. The first-order chi connectivity index (χ1) is 14.3. The molecule has 0 N–H and O–H groups in total. The Labute approximate surface area is 176 Å². The van der Waals surface area contributed by atoms with Crippen LogP contribution in [-0.2, 0) is 11.2 Å². The fraction of sp³-hybridized carbons (Fsp3) is 0.545. The van der Waals surface area contributed by atoms with Gasteiger partial charge in [-0.2, -0.15) is 0 Å². The molecule has 2 aliphatic rings. The maximum atomic E-state index is 12.8.